The summed E-state index contributed by atoms with van der Waals surface area (Å²) in [5.74, 6) is 0.405. The Morgan fingerprint density at radius 2 is 1.90 bits per heavy atom. The van der Waals surface area contributed by atoms with Crippen LogP contribution in [0.15, 0.2) is 64.9 Å². The average molecular weight is 474 g/mol. The number of carbonyl (C=O) groups excluding carboxylic acids is 1. The second-order valence-corrected chi connectivity index (χ2v) is 10.9. The topological polar surface area (TPSA) is 79.4 Å². The highest BCUT2D eigenvalue weighted by Gasteiger charge is 2.39. The van der Waals surface area contributed by atoms with E-state index in [-0.39, 0.29) is 23.2 Å². The van der Waals surface area contributed by atoms with Crippen LogP contribution in [0.2, 0.25) is 0 Å². The van der Waals surface area contributed by atoms with Crippen molar-refractivity contribution in [3.63, 3.8) is 0 Å². The van der Waals surface area contributed by atoms with Gasteiger partial charge in [0.15, 0.2) is 0 Å². The Morgan fingerprint density at radius 1 is 1.16 bits per heavy atom. The van der Waals surface area contributed by atoms with E-state index >= 15 is 0 Å². The molecule has 1 unspecified atom stereocenters. The molecule has 4 rings (SSSR count). The first kappa shape index (κ1) is 22.0. The molecule has 1 aliphatic rings. The van der Waals surface area contributed by atoms with Gasteiger partial charge in [-0.15, -0.1) is 23.1 Å². The van der Waals surface area contributed by atoms with Gasteiger partial charge in [-0.3, -0.25) is 4.79 Å². The van der Waals surface area contributed by atoms with E-state index < -0.39 is 16.1 Å². The molecule has 1 amide bonds. The first-order chi connectivity index (χ1) is 15.0. The monoisotopic (exact) mass is 473 g/mol. The van der Waals surface area contributed by atoms with Crippen LogP contribution in [0.5, 0.6) is 0 Å². The number of nitrogens with zero attached hydrogens (tertiary/aromatic N) is 2. The van der Waals surface area contributed by atoms with Crippen LogP contribution >= 0.6 is 23.1 Å². The van der Waals surface area contributed by atoms with Crippen molar-refractivity contribution < 1.29 is 13.2 Å². The zero-order valence-corrected chi connectivity index (χ0v) is 19.5. The quantitative estimate of drug-likeness (QED) is 0.565. The van der Waals surface area contributed by atoms with Crippen molar-refractivity contribution in [3.05, 3.63) is 71.2 Å². The van der Waals surface area contributed by atoms with Crippen molar-refractivity contribution in [2.75, 3.05) is 11.6 Å². The molecule has 0 saturated carbocycles. The van der Waals surface area contributed by atoms with E-state index in [2.05, 4.69) is 10.3 Å². The minimum Gasteiger partial charge on any atom is -0.349 e. The molecule has 1 N–H and O–H groups in total. The van der Waals surface area contributed by atoms with E-state index in [1.54, 1.807) is 12.1 Å². The number of aryl methyl sites for hydroxylation is 1. The third-order valence-electron chi connectivity index (χ3n) is 5.10. The fraction of sp³-hybridized carbons (Fsp3) is 0.273. The molecule has 31 heavy (non-hydrogen) atoms. The van der Waals surface area contributed by atoms with E-state index in [9.17, 15) is 13.2 Å². The van der Waals surface area contributed by atoms with E-state index in [1.807, 2.05) is 54.8 Å². The van der Waals surface area contributed by atoms with Crippen LogP contribution in [-0.2, 0) is 27.8 Å². The Morgan fingerprint density at radius 3 is 2.61 bits per heavy atom. The maximum Gasteiger partial charge on any atom is 0.244 e. The lowest BCUT2D eigenvalue weighted by molar-refractivity contribution is -0.124. The maximum absolute atomic E-state index is 13.1. The van der Waals surface area contributed by atoms with Crippen LogP contribution < -0.4 is 5.32 Å². The molecule has 0 radical (unpaired) electrons. The van der Waals surface area contributed by atoms with E-state index in [4.69, 9.17) is 0 Å². The minimum atomic E-state index is -3.73. The number of thiazole rings is 1. The highest BCUT2D eigenvalue weighted by molar-refractivity contribution is 8.00. The summed E-state index contributed by atoms with van der Waals surface area (Å²) in [6, 6.07) is 16.0. The second kappa shape index (κ2) is 9.52. The largest absolute Gasteiger partial charge is 0.349 e. The zero-order chi connectivity index (χ0) is 21.8. The minimum absolute atomic E-state index is 0.219. The van der Waals surface area contributed by atoms with E-state index in [1.165, 1.54) is 27.4 Å². The van der Waals surface area contributed by atoms with Crippen molar-refractivity contribution in [1.82, 2.24) is 14.6 Å². The van der Waals surface area contributed by atoms with Crippen molar-refractivity contribution in [3.8, 4) is 10.6 Å². The molecule has 1 aromatic heterocycles. The zero-order valence-electron chi connectivity index (χ0n) is 17.0. The molecular weight excluding hydrogens is 450 g/mol. The standard InChI is InChI=1S/C22H23N3O3S3/c1-2-16-8-10-19(11-9-16)31(27,28)25-15-29-14-20(25)21(26)23-12-18-13-30-22(24-18)17-6-4-3-5-7-17/h3-11,13,20H,2,12,14-15H2,1H3,(H,23,26). The normalized spacial score (nSPS) is 17.0. The summed E-state index contributed by atoms with van der Waals surface area (Å²) in [5, 5.41) is 5.67. The summed E-state index contributed by atoms with van der Waals surface area (Å²) in [6.07, 6.45) is 0.841. The van der Waals surface area contributed by atoms with E-state index in [0.717, 1.165) is 28.2 Å². The first-order valence-electron chi connectivity index (χ1n) is 9.95. The molecule has 3 aromatic rings. The SMILES string of the molecule is CCc1ccc(S(=O)(=O)N2CSCC2C(=O)NCc2csc(-c3ccccc3)n2)cc1. The van der Waals surface area contributed by atoms with Gasteiger partial charge in [0, 0.05) is 16.7 Å². The summed E-state index contributed by atoms with van der Waals surface area (Å²) in [7, 11) is -3.73. The van der Waals surface area contributed by atoms with Gasteiger partial charge >= 0.3 is 0 Å². The third-order valence-corrected chi connectivity index (χ3v) is 9.08. The predicted molar refractivity (Wildman–Crippen MR) is 125 cm³/mol. The van der Waals surface area contributed by atoms with Crippen molar-refractivity contribution in [2.24, 2.45) is 0 Å². The number of aromatic nitrogens is 1. The molecule has 2 heterocycles. The van der Waals surface area contributed by atoms with Gasteiger partial charge in [-0.25, -0.2) is 13.4 Å². The molecule has 1 atom stereocenters. The summed E-state index contributed by atoms with van der Waals surface area (Å²) in [6.45, 7) is 2.29. The van der Waals surface area contributed by atoms with Gasteiger partial charge in [-0.05, 0) is 24.1 Å². The van der Waals surface area contributed by atoms with Gasteiger partial charge < -0.3 is 5.32 Å². The van der Waals surface area contributed by atoms with Crippen LogP contribution in [0.3, 0.4) is 0 Å². The molecule has 1 aliphatic heterocycles. The van der Waals surface area contributed by atoms with Gasteiger partial charge in [0.05, 0.1) is 23.0 Å². The van der Waals surface area contributed by atoms with Crippen LogP contribution in [0, 0.1) is 0 Å². The molecule has 6 nitrogen and oxygen atoms in total. The Labute approximate surface area is 190 Å². The van der Waals surface area contributed by atoms with Crippen LogP contribution in [0.25, 0.3) is 10.6 Å². The molecule has 1 fully saturated rings. The fourth-order valence-electron chi connectivity index (χ4n) is 3.30. The number of hydrogen-bond donors (Lipinski definition) is 1. The Kier molecular flexibility index (Phi) is 6.76. The molecule has 162 valence electrons. The van der Waals surface area contributed by atoms with Gasteiger partial charge in [-0.2, -0.15) is 4.31 Å². The second-order valence-electron chi connectivity index (χ2n) is 7.13. The molecule has 9 heteroatoms. The average Bonchev–Trinajstić information content (AvgIpc) is 3.48. The maximum atomic E-state index is 13.1. The highest BCUT2D eigenvalue weighted by atomic mass is 32.2. The number of thioether (sulfide) groups is 1. The lowest BCUT2D eigenvalue weighted by atomic mass is 10.2. The molecule has 2 aromatic carbocycles. The predicted octanol–water partition coefficient (Wildman–Crippen LogP) is 3.75. The molecule has 0 aliphatic carbocycles. The Hall–Kier alpha value is -2.20. The number of amides is 1. The Bertz CT molecular complexity index is 1150. The van der Waals surface area contributed by atoms with Crippen LogP contribution in [-0.4, -0.2) is 41.3 Å². The fourth-order valence-corrected chi connectivity index (χ4v) is 7.28. The molecular formula is C22H23N3O3S3. The molecule has 0 bridgehead atoms. The van der Waals surface area contributed by atoms with Crippen molar-refractivity contribution in [2.45, 2.75) is 30.8 Å². The smallest absolute Gasteiger partial charge is 0.244 e. The summed E-state index contributed by atoms with van der Waals surface area (Å²) < 4.78 is 27.5. The molecule has 0 spiro atoms. The number of sulfonamides is 1. The highest BCUT2D eigenvalue weighted by Crippen LogP contribution is 2.29. The van der Waals surface area contributed by atoms with Crippen molar-refractivity contribution in [1.29, 1.82) is 0 Å². The van der Waals surface area contributed by atoms with Crippen LogP contribution in [0.4, 0.5) is 0 Å². The first-order valence-corrected chi connectivity index (χ1v) is 13.4. The summed E-state index contributed by atoms with van der Waals surface area (Å²) in [4.78, 5) is 17.6. The summed E-state index contributed by atoms with van der Waals surface area (Å²) >= 11 is 2.96. The number of nitrogens with one attached hydrogen (secondary N) is 1. The lowest BCUT2D eigenvalue weighted by Gasteiger charge is -2.22. The van der Waals surface area contributed by atoms with Gasteiger partial charge in [0.1, 0.15) is 11.0 Å². The molecule has 1 saturated heterocycles. The van der Waals surface area contributed by atoms with Crippen LogP contribution in [0.1, 0.15) is 18.2 Å². The number of carbonyl (C=O) groups is 1. The van der Waals surface area contributed by atoms with Crippen molar-refractivity contribution >= 4 is 39.0 Å². The van der Waals surface area contributed by atoms with Gasteiger partial charge in [0.2, 0.25) is 15.9 Å². The number of hydrogen-bond acceptors (Lipinski definition) is 6. The van der Waals surface area contributed by atoms with Gasteiger partial charge in [0.25, 0.3) is 0 Å². The summed E-state index contributed by atoms with van der Waals surface area (Å²) in [5.41, 5.74) is 2.86. The number of benzene rings is 2. The van der Waals surface area contributed by atoms with Gasteiger partial charge in [-0.1, -0.05) is 49.4 Å². The van der Waals surface area contributed by atoms with E-state index in [0.29, 0.717) is 5.75 Å². The third kappa shape index (κ3) is 4.85. The Balaban J connectivity index is 1.42. The number of rotatable bonds is 7. The lowest BCUT2D eigenvalue weighted by Crippen LogP contribution is -2.46.